The van der Waals surface area contributed by atoms with Crippen molar-refractivity contribution in [1.82, 2.24) is 29.5 Å². The lowest BCUT2D eigenvalue weighted by atomic mass is 10.2. The molecule has 132 valence electrons. The van der Waals surface area contributed by atoms with E-state index in [0.29, 0.717) is 35.7 Å². The SMILES string of the molecule is O=C(Nc1cc(NCc2nc3ncc(C4CC4)cn3n2)ncn1)C1CC1. The zero-order chi connectivity index (χ0) is 17.5. The minimum Gasteiger partial charge on any atom is -0.363 e. The van der Waals surface area contributed by atoms with E-state index in [1.165, 1.54) is 24.7 Å². The van der Waals surface area contributed by atoms with E-state index in [1.54, 1.807) is 10.6 Å². The summed E-state index contributed by atoms with van der Waals surface area (Å²) in [6.07, 6.45) is 9.68. The van der Waals surface area contributed by atoms with Gasteiger partial charge in [0.05, 0.1) is 6.54 Å². The molecule has 0 bridgehead atoms. The molecule has 0 aliphatic heterocycles. The van der Waals surface area contributed by atoms with Crippen molar-refractivity contribution in [3.8, 4) is 0 Å². The van der Waals surface area contributed by atoms with E-state index in [-0.39, 0.29) is 11.8 Å². The largest absolute Gasteiger partial charge is 0.363 e. The van der Waals surface area contributed by atoms with Crippen molar-refractivity contribution in [1.29, 1.82) is 0 Å². The third kappa shape index (κ3) is 3.19. The first-order valence-corrected chi connectivity index (χ1v) is 8.82. The quantitative estimate of drug-likeness (QED) is 0.697. The van der Waals surface area contributed by atoms with Crippen molar-refractivity contribution in [2.45, 2.75) is 38.1 Å². The molecule has 3 heterocycles. The zero-order valence-electron chi connectivity index (χ0n) is 14.1. The predicted molar refractivity (Wildman–Crippen MR) is 93.5 cm³/mol. The fourth-order valence-electron chi connectivity index (χ4n) is 2.81. The highest BCUT2D eigenvalue weighted by Gasteiger charge is 2.29. The molecule has 0 aromatic carbocycles. The molecule has 9 heteroatoms. The van der Waals surface area contributed by atoms with Crippen LogP contribution in [0.1, 0.15) is 43.0 Å². The lowest BCUT2D eigenvalue weighted by molar-refractivity contribution is -0.117. The van der Waals surface area contributed by atoms with Crippen LogP contribution in [0.25, 0.3) is 5.78 Å². The molecule has 2 N–H and O–H groups in total. The Morgan fingerprint density at radius 1 is 1.15 bits per heavy atom. The average Bonchev–Trinajstić information content (AvgIpc) is 3.55. The van der Waals surface area contributed by atoms with Gasteiger partial charge in [0.1, 0.15) is 18.0 Å². The second-order valence-electron chi connectivity index (χ2n) is 6.84. The number of hydrogen-bond donors (Lipinski definition) is 2. The smallest absolute Gasteiger partial charge is 0.252 e. The molecule has 5 rings (SSSR count). The Morgan fingerprint density at radius 3 is 2.81 bits per heavy atom. The van der Waals surface area contributed by atoms with Gasteiger partial charge in [-0.2, -0.15) is 4.98 Å². The molecule has 0 atom stereocenters. The minimum absolute atomic E-state index is 0.0224. The van der Waals surface area contributed by atoms with E-state index in [2.05, 4.69) is 35.7 Å². The molecule has 0 spiro atoms. The van der Waals surface area contributed by atoms with E-state index in [4.69, 9.17) is 0 Å². The summed E-state index contributed by atoms with van der Waals surface area (Å²) in [6, 6.07) is 1.71. The number of nitrogens with one attached hydrogen (secondary N) is 2. The maximum Gasteiger partial charge on any atom is 0.252 e. The van der Waals surface area contributed by atoms with Crippen molar-refractivity contribution in [3.05, 3.63) is 36.2 Å². The molecule has 0 unspecified atom stereocenters. The van der Waals surface area contributed by atoms with Crippen molar-refractivity contribution in [2.75, 3.05) is 10.6 Å². The molecule has 2 aliphatic carbocycles. The second-order valence-corrected chi connectivity index (χ2v) is 6.84. The number of aromatic nitrogens is 6. The van der Waals surface area contributed by atoms with Crippen LogP contribution in [-0.2, 0) is 11.3 Å². The third-order valence-electron chi connectivity index (χ3n) is 4.60. The Morgan fingerprint density at radius 2 is 2.00 bits per heavy atom. The van der Waals surface area contributed by atoms with E-state index >= 15 is 0 Å². The number of carbonyl (C=O) groups is 1. The summed E-state index contributed by atoms with van der Waals surface area (Å²) in [5.74, 6) is 3.11. The van der Waals surface area contributed by atoms with Crippen molar-refractivity contribution in [3.63, 3.8) is 0 Å². The summed E-state index contributed by atoms with van der Waals surface area (Å²) >= 11 is 0. The molecule has 2 fully saturated rings. The van der Waals surface area contributed by atoms with Gasteiger partial charge in [0.25, 0.3) is 5.78 Å². The molecular formula is C17H18N8O. The van der Waals surface area contributed by atoms with Gasteiger partial charge in [0.2, 0.25) is 5.91 Å². The number of fused-ring (bicyclic) bond motifs is 1. The molecule has 3 aromatic rings. The maximum absolute atomic E-state index is 11.8. The molecule has 0 radical (unpaired) electrons. The van der Waals surface area contributed by atoms with Gasteiger partial charge in [-0.05, 0) is 37.2 Å². The van der Waals surface area contributed by atoms with Crippen LogP contribution in [0.2, 0.25) is 0 Å². The van der Waals surface area contributed by atoms with E-state index < -0.39 is 0 Å². The molecule has 1 amide bonds. The minimum atomic E-state index is 0.0224. The van der Waals surface area contributed by atoms with Gasteiger partial charge in [-0.15, -0.1) is 5.10 Å². The van der Waals surface area contributed by atoms with E-state index in [9.17, 15) is 4.79 Å². The van der Waals surface area contributed by atoms with E-state index in [0.717, 1.165) is 12.8 Å². The van der Waals surface area contributed by atoms with Crippen LogP contribution in [0.5, 0.6) is 0 Å². The molecule has 2 aliphatic rings. The van der Waals surface area contributed by atoms with Gasteiger partial charge in [0.15, 0.2) is 5.82 Å². The summed E-state index contributed by atoms with van der Waals surface area (Å²) in [7, 11) is 0. The fraction of sp³-hybridized carbons (Fsp3) is 0.412. The van der Waals surface area contributed by atoms with E-state index in [1.807, 2.05) is 12.4 Å². The second kappa shape index (κ2) is 6.01. The van der Waals surface area contributed by atoms with Crippen LogP contribution in [0, 0.1) is 5.92 Å². The first-order chi connectivity index (χ1) is 12.7. The highest BCUT2D eigenvalue weighted by Crippen LogP contribution is 2.39. The Balaban J connectivity index is 1.26. The van der Waals surface area contributed by atoms with Crippen LogP contribution in [0.3, 0.4) is 0 Å². The summed E-state index contributed by atoms with van der Waals surface area (Å²) in [5.41, 5.74) is 1.22. The van der Waals surface area contributed by atoms with Crippen molar-refractivity contribution < 1.29 is 4.79 Å². The van der Waals surface area contributed by atoms with Gasteiger partial charge in [-0.25, -0.2) is 19.5 Å². The number of nitrogens with zero attached hydrogens (tertiary/aromatic N) is 6. The average molecular weight is 350 g/mol. The van der Waals surface area contributed by atoms with Crippen LogP contribution in [-0.4, -0.2) is 35.5 Å². The summed E-state index contributed by atoms with van der Waals surface area (Å²) in [6.45, 7) is 0.412. The third-order valence-corrected chi connectivity index (χ3v) is 4.60. The van der Waals surface area contributed by atoms with Gasteiger partial charge < -0.3 is 10.6 Å². The van der Waals surface area contributed by atoms with Crippen molar-refractivity contribution in [2.24, 2.45) is 5.92 Å². The zero-order valence-corrected chi connectivity index (χ0v) is 14.1. The first kappa shape index (κ1) is 15.2. The van der Waals surface area contributed by atoms with Crippen molar-refractivity contribution >= 4 is 23.3 Å². The number of amides is 1. The van der Waals surface area contributed by atoms with Gasteiger partial charge in [-0.3, -0.25) is 4.79 Å². The molecule has 26 heavy (non-hydrogen) atoms. The number of carbonyl (C=O) groups excluding carboxylic acids is 1. The Bertz CT molecular complexity index is 976. The monoisotopic (exact) mass is 350 g/mol. The predicted octanol–water partition coefficient (Wildman–Crippen LogP) is 1.75. The lowest BCUT2D eigenvalue weighted by Crippen LogP contribution is -2.15. The highest BCUT2D eigenvalue weighted by molar-refractivity contribution is 5.93. The fourth-order valence-corrected chi connectivity index (χ4v) is 2.81. The summed E-state index contributed by atoms with van der Waals surface area (Å²) in [4.78, 5) is 28.9. The molecule has 2 saturated carbocycles. The number of rotatable bonds is 6. The van der Waals surface area contributed by atoms with Crippen LogP contribution < -0.4 is 10.6 Å². The topological polar surface area (TPSA) is 110 Å². The Kier molecular flexibility index (Phi) is 3.51. The molecule has 9 nitrogen and oxygen atoms in total. The molecular weight excluding hydrogens is 332 g/mol. The maximum atomic E-state index is 11.8. The standard InChI is InChI=1S/C17H18N8O/c26-16(11-3-4-11)22-14-5-13(20-9-21-14)18-7-15-23-17-19-6-12(10-1-2-10)8-25(17)24-15/h5-6,8-11H,1-4,7H2,(H2,18,20,21,22,26). The number of hydrogen-bond acceptors (Lipinski definition) is 7. The number of anilines is 2. The summed E-state index contributed by atoms with van der Waals surface area (Å²) in [5, 5.41) is 10.4. The van der Waals surface area contributed by atoms with Gasteiger partial charge >= 0.3 is 0 Å². The normalized spacial score (nSPS) is 16.6. The Hall–Kier alpha value is -3.10. The molecule has 3 aromatic heterocycles. The van der Waals surface area contributed by atoms with Crippen LogP contribution >= 0.6 is 0 Å². The van der Waals surface area contributed by atoms with Gasteiger partial charge in [-0.1, -0.05) is 0 Å². The lowest BCUT2D eigenvalue weighted by Gasteiger charge is -2.06. The summed E-state index contributed by atoms with van der Waals surface area (Å²) < 4.78 is 1.73. The van der Waals surface area contributed by atoms with Gasteiger partial charge in [0, 0.05) is 24.4 Å². The first-order valence-electron chi connectivity index (χ1n) is 8.82. The Labute approximate surface area is 149 Å². The van der Waals surface area contributed by atoms with Crippen LogP contribution in [0.15, 0.2) is 24.8 Å². The molecule has 0 saturated heterocycles. The highest BCUT2D eigenvalue weighted by atomic mass is 16.2. The van der Waals surface area contributed by atoms with Crippen LogP contribution in [0.4, 0.5) is 11.6 Å².